The van der Waals surface area contributed by atoms with E-state index in [9.17, 15) is 4.79 Å². The number of carbonyl (C=O) groups excluding carboxylic acids is 1. The van der Waals surface area contributed by atoms with Crippen molar-refractivity contribution in [1.29, 1.82) is 0 Å². The molecule has 3 heteroatoms. The lowest BCUT2D eigenvalue weighted by Crippen LogP contribution is -2.40. The number of carbonyl (C=O) groups is 1. The third kappa shape index (κ3) is 3.76. The minimum absolute atomic E-state index is 0.0490. The van der Waals surface area contributed by atoms with Crippen LogP contribution in [0.3, 0.4) is 0 Å². The van der Waals surface area contributed by atoms with E-state index >= 15 is 0 Å². The van der Waals surface area contributed by atoms with Crippen LogP contribution in [0.2, 0.25) is 0 Å². The van der Waals surface area contributed by atoms with Crippen molar-refractivity contribution in [2.75, 3.05) is 7.11 Å². The Balaban J connectivity index is 3.05. The van der Waals surface area contributed by atoms with Crippen molar-refractivity contribution in [2.45, 2.75) is 46.1 Å². The topological polar surface area (TPSA) is 38.3 Å². The van der Waals surface area contributed by atoms with E-state index in [1.807, 2.05) is 32.9 Å². The van der Waals surface area contributed by atoms with Gasteiger partial charge < -0.3 is 10.1 Å². The molecule has 18 heavy (non-hydrogen) atoms. The van der Waals surface area contributed by atoms with Crippen LogP contribution in [0.5, 0.6) is 5.75 Å². The van der Waals surface area contributed by atoms with Gasteiger partial charge in [0.05, 0.1) is 7.11 Å². The fourth-order valence-corrected chi connectivity index (χ4v) is 1.74. The van der Waals surface area contributed by atoms with Crippen LogP contribution in [0.15, 0.2) is 18.2 Å². The molecule has 0 unspecified atom stereocenters. The number of hydrogen-bond acceptors (Lipinski definition) is 2. The van der Waals surface area contributed by atoms with Gasteiger partial charge in [0, 0.05) is 11.1 Å². The highest BCUT2D eigenvalue weighted by atomic mass is 16.5. The van der Waals surface area contributed by atoms with E-state index in [1.54, 1.807) is 13.2 Å². The van der Waals surface area contributed by atoms with E-state index in [1.165, 1.54) is 0 Å². The molecule has 0 radical (unpaired) electrons. The maximum Gasteiger partial charge on any atom is 0.251 e. The largest absolute Gasteiger partial charge is 0.496 e. The molecule has 0 aromatic heterocycles. The number of benzene rings is 1. The zero-order valence-corrected chi connectivity index (χ0v) is 12.1. The SMILES string of the molecule is COc1ccc(C(=O)NC(C)(C)C)cc1C(C)C. The molecule has 1 aromatic carbocycles. The number of hydrogen-bond donors (Lipinski definition) is 1. The van der Waals surface area contributed by atoms with Gasteiger partial charge >= 0.3 is 0 Å². The van der Waals surface area contributed by atoms with Crippen molar-refractivity contribution >= 4 is 5.91 Å². The monoisotopic (exact) mass is 249 g/mol. The fourth-order valence-electron chi connectivity index (χ4n) is 1.74. The molecule has 0 spiro atoms. The molecule has 1 amide bonds. The Hall–Kier alpha value is -1.51. The van der Waals surface area contributed by atoms with E-state index < -0.39 is 0 Å². The van der Waals surface area contributed by atoms with Crippen molar-refractivity contribution in [1.82, 2.24) is 5.32 Å². The molecule has 1 aromatic rings. The second-order valence-corrected chi connectivity index (χ2v) is 5.82. The highest BCUT2D eigenvalue weighted by Crippen LogP contribution is 2.27. The summed E-state index contributed by atoms with van der Waals surface area (Å²) < 4.78 is 5.31. The average molecular weight is 249 g/mol. The van der Waals surface area contributed by atoms with Gasteiger partial charge in [0.25, 0.3) is 5.91 Å². The zero-order chi connectivity index (χ0) is 13.9. The minimum Gasteiger partial charge on any atom is -0.496 e. The van der Waals surface area contributed by atoms with Crippen molar-refractivity contribution in [3.8, 4) is 5.75 Å². The van der Waals surface area contributed by atoms with Gasteiger partial charge in [-0.2, -0.15) is 0 Å². The van der Waals surface area contributed by atoms with Crippen molar-refractivity contribution in [2.24, 2.45) is 0 Å². The highest BCUT2D eigenvalue weighted by Gasteiger charge is 2.17. The second kappa shape index (κ2) is 5.42. The normalized spacial score (nSPS) is 11.5. The molecule has 0 saturated carbocycles. The van der Waals surface area contributed by atoms with E-state index in [0.717, 1.165) is 11.3 Å². The smallest absolute Gasteiger partial charge is 0.251 e. The maximum absolute atomic E-state index is 12.1. The molecule has 0 saturated heterocycles. The quantitative estimate of drug-likeness (QED) is 0.892. The molecule has 3 nitrogen and oxygen atoms in total. The van der Waals surface area contributed by atoms with E-state index in [2.05, 4.69) is 19.2 Å². The molecular weight excluding hydrogens is 226 g/mol. The molecule has 0 bridgehead atoms. The van der Waals surface area contributed by atoms with Gasteiger partial charge in [-0.15, -0.1) is 0 Å². The first-order valence-electron chi connectivity index (χ1n) is 6.25. The molecule has 1 rings (SSSR count). The van der Waals surface area contributed by atoms with Gasteiger partial charge in [-0.1, -0.05) is 13.8 Å². The van der Waals surface area contributed by atoms with Gasteiger partial charge in [-0.25, -0.2) is 0 Å². The number of rotatable bonds is 3. The van der Waals surface area contributed by atoms with E-state index in [-0.39, 0.29) is 11.4 Å². The van der Waals surface area contributed by atoms with Crippen LogP contribution in [-0.4, -0.2) is 18.6 Å². The molecule has 0 fully saturated rings. The van der Waals surface area contributed by atoms with Crippen LogP contribution in [-0.2, 0) is 0 Å². The summed E-state index contributed by atoms with van der Waals surface area (Å²) in [6.45, 7) is 10.1. The van der Waals surface area contributed by atoms with Crippen LogP contribution in [0.1, 0.15) is 56.5 Å². The Morgan fingerprint density at radius 1 is 1.28 bits per heavy atom. The fraction of sp³-hybridized carbons (Fsp3) is 0.533. The molecule has 0 atom stereocenters. The average Bonchev–Trinajstić information content (AvgIpc) is 2.25. The van der Waals surface area contributed by atoms with Gasteiger partial charge in [-0.05, 0) is 50.5 Å². The predicted octanol–water partition coefficient (Wildman–Crippen LogP) is 3.35. The maximum atomic E-state index is 12.1. The summed E-state index contributed by atoms with van der Waals surface area (Å²) >= 11 is 0. The summed E-state index contributed by atoms with van der Waals surface area (Å²) in [4.78, 5) is 12.1. The van der Waals surface area contributed by atoms with Gasteiger partial charge in [0.15, 0.2) is 0 Å². The standard InChI is InChI=1S/C15H23NO2/c1-10(2)12-9-11(7-8-13(12)18-6)14(17)16-15(3,4)5/h7-10H,1-6H3,(H,16,17). The summed E-state index contributed by atoms with van der Waals surface area (Å²) in [5.41, 5.74) is 1.50. The Labute approximate surface area is 110 Å². The molecule has 0 aliphatic heterocycles. The molecule has 100 valence electrons. The molecule has 1 N–H and O–H groups in total. The summed E-state index contributed by atoms with van der Waals surface area (Å²) in [5.74, 6) is 1.10. The lowest BCUT2D eigenvalue weighted by atomic mass is 9.98. The molecule has 0 aliphatic rings. The van der Waals surface area contributed by atoms with Crippen molar-refractivity contribution in [3.05, 3.63) is 29.3 Å². The molecular formula is C15H23NO2. The second-order valence-electron chi connectivity index (χ2n) is 5.82. The lowest BCUT2D eigenvalue weighted by molar-refractivity contribution is 0.0919. The predicted molar refractivity (Wildman–Crippen MR) is 74.3 cm³/mol. The highest BCUT2D eigenvalue weighted by molar-refractivity contribution is 5.95. The molecule has 0 heterocycles. The first-order valence-corrected chi connectivity index (χ1v) is 6.25. The Bertz CT molecular complexity index is 431. The number of methoxy groups -OCH3 is 1. The van der Waals surface area contributed by atoms with Crippen LogP contribution in [0.4, 0.5) is 0 Å². The zero-order valence-electron chi connectivity index (χ0n) is 12.1. The first-order chi connectivity index (χ1) is 8.24. The summed E-state index contributed by atoms with van der Waals surface area (Å²) in [7, 11) is 1.65. The van der Waals surface area contributed by atoms with Crippen LogP contribution in [0, 0.1) is 0 Å². The number of ether oxygens (including phenoxy) is 1. The van der Waals surface area contributed by atoms with Crippen molar-refractivity contribution < 1.29 is 9.53 Å². The third-order valence-electron chi connectivity index (χ3n) is 2.60. The Morgan fingerprint density at radius 2 is 1.89 bits per heavy atom. The van der Waals surface area contributed by atoms with Crippen LogP contribution in [0.25, 0.3) is 0 Å². The van der Waals surface area contributed by atoms with E-state index in [0.29, 0.717) is 11.5 Å². The summed E-state index contributed by atoms with van der Waals surface area (Å²) in [6.07, 6.45) is 0. The Morgan fingerprint density at radius 3 is 2.33 bits per heavy atom. The van der Waals surface area contributed by atoms with Crippen molar-refractivity contribution in [3.63, 3.8) is 0 Å². The third-order valence-corrected chi connectivity index (χ3v) is 2.60. The van der Waals surface area contributed by atoms with E-state index in [4.69, 9.17) is 4.74 Å². The van der Waals surface area contributed by atoms with Gasteiger partial charge in [0.1, 0.15) is 5.75 Å². The number of nitrogens with one attached hydrogen (secondary N) is 1. The van der Waals surface area contributed by atoms with Gasteiger partial charge in [0.2, 0.25) is 0 Å². The number of amides is 1. The van der Waals surface area contributed by atoms with Gasteiger partial charge in [-0.3, -0.25) is 4.79 Å². The van der Waals surface area contributed by atoms with Crippen LogP contribution < -0.4 is 10.1 Å². The Kier molecular flexibility index (Phi) is 4.38. The first kappa shape index (κ1) is 14.6. The minimum atomic E-state index is -0.227. The van der Waals surface area contributed by atoms with Crippen LogP contribution >= 0.6 is 0 Å². The molecule has 0 aliphatic carbocycles. The lowest BCUT2D eigenvalue weighted by Gasteiger charge is -2.21. The summed E-state index contributed by atoms with van der Waals surface area (Å²) in [6, 6.07) is 5.56. The summed E-state index contributed by atoms with van der Waals surface area (Å²) in [5, 5.41) is 2.96.